The summed E-state index contributed by atoms with van der Waals surface area (Å²) in [7, 11) is 1.37. The van der Waals surface area contributed by atoms with Gasteiger partial charge >= 0.3 is 5.97 Å². The van der Waals surface area contributed by atoms with Gasteiger partial charge in [-0.05, 0) is 6.92 Å². The summed E-state index contributed by atoms with van der Waals surface area (Å²) in [5, 5.41) is 3.72. The first-order chi connectivity index (χ1) is 9.11. The lowest BCUT2D eigenvalue weighted by Gasteiger charge is -2.33. The monoisotopic (exact) mass is 267 g/mol. The van der Waals surface area contributed by atoms with Crippen LogP contribution in [0.15, 0.2) is 10.8 Å². The smallest absolute Gasteiger partial charge is 0.319 e. The van der Waals surface area contributed by atoms with Crippen LogP contribution in [0.25, 0.3) is 0 Å². The number of hydrogen-bond acceptors (Lipinski definition) is 6. The van der Waals surface area contributed by atoms with Crippen molar-refractivity contribution in [1.29, 1.82) is 0 Å². The third kappa shape index (κ3) is 3.11. The third-order valence-electron chi connectivity index (χ3n) is 3.19. The van der Waals surface area contributed by atoms with Crippen molar-refractivity contribution in [3.05, 3.63) is 17.5 Å². The number of ether oxygens (including phenoxy) is 1. The molecule has 0 unspecified atom stereocenters. The Morgan fingerprint density at radius 1 is 1.37 bits per heavy atom. The summed E-state index contributed by atoms with van der Waals surface area (Å²) in [6.45, 7) is 4.50. The van der Waals surface area contributed by atoms with Crippen molar-refractivity contribution in [3.63, 3.8) is 0 Å². The van der Waals surface area contributed by atoms with Gasteiger partial charge in [0.05, 0.1) is 13.7 Å². The lowest BCUT2D eigenvalue weighted by molar-refractivity contribution is -0.142. The second-order valence-corrected chi connectivity index (χ2v) is 4.49. The van der Waals surface area contributed by atoms with Gasteiger partial charge in [0.2, 0.25) is 0 Å². The second kappa shape index (κ2) is 5.83. The molecule has 1 aromatic rings. The zero-order chi connectivity index (χ0) is 13.8. The molecule has 1 aliphatic rings. The molecule has 0 saturated carbocycles. The van der Waals surface area contributed by atoms with E-state index in [-0.39, 0.29) is 18.4 Å². The Morgan fingerprint density at radius 3 is 2.58 bits per heavy atom. The topological polar surface area (TPSA) is 75.9 Å². The summed E-state index contributed by atoms with van der Waals surface area (Å²) in [6, 6.07) is 0. The molecular formula is C12H17N3O4. The molecule has 2 rings (SSSR count). The molecule has 7 nitrogen and oxygen atoms in total. The average Bonchev–Trinajstić information content (AvgIpc) is 2.85. The van der Waals surface area contributed by atoms with Gasteiger partial charge < -0.3 is 14.2 Å². The molecule has 1 fully saturated rings. The Hall–Kier alpha value is -1.89. The number of aryl methyl sites for hydroxylation is 1. The summed E-state index contributed by atoms with van der Waals surface area (Å²) in [5.41, 5.74) is 1.10. The Labute approximate surface area is 111 Å². The first kappa shape index (κ1) is 13.5. The van der Waals surface area contributed by atoms with Gasteiger partial charge in [0.25, 0.3) is 5.91 Å². The van der Waals surface area contributed by atoms with E-state index in [4.69, 9.17) is 4.52 Å². The molecule has 0 spiro atoms. The minimum atomic E-state index is -0.257. The number of hydrogen-bond donors (Lipinski definition) is 0. The molecule has 0 N–H and O–H groups in total. The van der Waals surface area contributed by atoms with Crippen molar-refractivity contribution in [2.45, 2.75) is 6.92 Å². The first-order valence-electron chi connectivity index (χ1n) is 6.11. The van der Waals surface area contributed by atoms with E-state index in [0.717, 1.165) is 5.56 Å². The summed E-state index contributed by atoms with van der Waals surface area (Å²) >= 11 is 0. The van der Waals surface area contributed by atoms with Crippen molar-refractivity contribution in [3.8, 4) is 0 Å². The van der Waals surface area contributed by atoms with E-state index >= 15 is 0 Å². The number of esters is 1. The predicted molar refractivity (Wildman–Crippen MR) is 65.6 cm³/mol. The highest BCUT2D eigenvalue weighted by Crippen LogP contribution is 2.11. The van der Waals surface area contributed by atoms with Gasteiger partial charge in [-0.15, -0.1) is 0 Å². The molecule has 0 atom stereocenters. The molecule has 1 amide bonds. The molecule has 2 heterocycles. The SMILES string of the molecule is COC(=O)CN1CCN(C(=O)c2nocc2C)CC1. The van der Waals surface area contributed by atoms with E-state index in [0.29, 0.717) is 31.9 Å². The Morgan fingerprint density at radius 2 is 2.05 bits per heavy atom. The van der Waals surface area contributed by atoms with Gasteiger partial charge in [0, 0.05) is 31.7 Å². The molecule has 104 valence electrons. The van der Waals surface area contributed by atoms with Crippen LogP contribution in [0, 0.1) is 6.92 Å². The molecule has 0 aromatic carbocycles. The Kier molecular flexibility index (Phi) is 4.16. The zero-order valence-electron chi connectivity index (χ0n) is 11.1. The van der Waals surface area contributed by atoms with Crippen molar-refractivity contribution >= 4 is 11.9 Å². The van der Waals surface area contributed by atoms with Gasteiger partial charge in [0.1, 0.15) is 6.26 Å². The van der Waals surface area contributed by atoms with E-state index in [1.807, 2.05) is 4.90 Å². The average molecular weight is 267 g/mol. The van der Waals surface area contributed by atoms with Gasteiger partial charge in [0.15, 0.2) is 5.69 Å². The summed E-state index contributed by atoms with van der Waals surface area (Å²) in [4.78, 5) is 27.0. The van der Waals surface area contributed by atoms with Crippen molar-refractivity contribution in [1.82, 2.24) is 15.0 Å². The number of carbonyl (C=O) groups is 2. The third-order valence-corrected chi connectivity index (χ3v) is 3.19. The second-order valence-electron chi connectivity index (χ2n) is 4.49. The van der Waals surface area contributed by atoms with Gasteiger partial charge in [-0.3, -0.25) is 14.5 Å². The fourth-order valence-electron chi connectivity index (χ4n) is 2.00. The highest BCUT2D eigenvalue weighted by molar-refractivity contribution is 5.93. The minimum Gasteiger partial charge on any atom is -0.468 e. The van der Waals surface area contributed by atoms with Gasteiger partial charge in [-0.2, -0.15) is 0 Å². The number of rotatable bonds is 3. The van der Waals surface area contributed by atoms with Crippen molar-refractivity contribution in [2.75, 3.05) is 39.8 Å². The highest BCUT2D eigenvalue weighted by Gasteiger charge is 2.25. The van der Waals surface area contributed by atoms with Gasteiger partial charge in [-0.25, -0.2) is 0 Å². The number of nitrogens with zero attached hydrogens (tertiary/aromatic N) is 3. The minimum absolute atomic E-state index is 0.121. The van der Waals surface area contributed by atoms with Crippen molar-refractivity contribution in [2.24, 2.45) is 0 Å². The van der Waals surface area contributed by atoms with Crippen LogP contribution in [0.4, 0.5) is 0 Å². The number of piperazine rings is 1. The maximum Gasteiger partial charge on any atom is 0.319 e. The highest BCUT2D eigenvalue weighted by atomic mass is 16.5. The molecule has 1 saturated heterocycles. The quantitative estimate of drug-likeness (QED) is 0.713. The Bertz CT molecular complexity index is 463. The van der Waals surface area contributed by atoms with Crippen LogP contribution < -0.4 is 0 Å². The lowest BCUT2D eigenvalue weighted by Crippen LogP contribution is -2.50. The number of methoxy groups -OCH3 is 1. The van der Waals surface area contributed by atoms with E-state index in [2.05, 4.69) is 9.89 Å². The first-order valence-corrected chi connectivity index (χ1v) is 6.11. The summed E-state index contributed by atoms with van der Waals surface area (Å²) < 4.78 is 9.39. The molecule has 0 aliphatic carbocycles. The fourth-order valence-corrected chi connectivity index (χ4v) is 2.00. The van der Waals surface area contributed by atoms with Crippen LogP contribution in [0.5, 0.6) is 0 Å². The number of aromatic nitrogens is 1. The zero-order valence-corrected chi connectivity index (χ0v) is 11.1. The molecule has 7 heteroatoms. The molecular weight excluding hydrogens is 250 g/mol. The van der Waals surface area contributed by atoms with Crippen LogP contribution in [0.2, 0.25) is 0 Å². The molecule has 1 aliphatic heterocycles. The molecule has 19 heavy (non-hydrogen) atoms. The van der Waals surface area contributed by atoms with E-state index in [1.54, 1.807) is 11.8 Å². The molecule has 1 aromatic heterocycles. The largest absolute Gasteiger partial charge is 0.468 e. The predicted octanol–water partition coefficient (Wildman–Crippen LogP) is -0.0862. The van der Waals surface area contributed by atoms with E-state index in [1.165, 1.54) is 13.4 Å². The normalized spacial score (nSPS) is 16.4. The maximum absolute atomic E-state index is 12.2. The van der Waals surface area contributed by atoms with Crippen LogP contribution in [-0.2, 0) is 9.53 Å². The molecule has 0 bridgehead atoms. The van der Waals surface area contributed by atoms with Crippen LogP contribution >= 0.6 is 0 Å². The Balaban J connectivity index is 1.88. The van der Waals surface area contributed by atoms with E-state index < -0.39 is 0 Å². The number of amides is 1. The summed E-state index contributed by atoms with van der Waals surface area (Å²) in [5.74, 6) is -0.379. The van der Waals surface area contributed by atoms with Crippen LogP contribution in [0.3, 0.4) is 0 Å². The fraction of sp³-hybridized carbons (Fsp3) is 0.583. The standard InChI is InChI=1S/C12H17N3O4/c1-9-8-19-13-11(9)12(17)15-5-3-14(4-6-15)7-10(16)18-2/h8H,3-7H2,1-2H3. The number of carbonyl (C=O) groups excluding carboxylic acids is 2. The van der Waals surface area contributed by atoms with E-state index in [9.17, 15) is 9.59 Å². The van der Waals surface area contributed by atoms with Crippen LogP contribution in [0.1, 0.15) is 16.1 Å². The maximum atomic E-state index is 12.2. The van der Waals surface area contributed by atoms with Crippen LogP contribution in [-0.4, -0.2) is 66.7 Å². The lowest BCUT2D eigenvalue weighted by atomic mass is 10.2. The van der Waals surface area contributed by atoms with Gasteiger partial charge in [-0.1, -0.05) is 5.16 Å². The summed E-state index contributed by atoms with van der Waals surface area (Å²) in [6.07, 6.45) is 1.46. The molecule has 0 radical (unpaired) electrons. The van der Waals surface area contributed by atoms with Crippen molar-refractivity contribution < 1.29 is 18.8 Å².